The molecule has 1 aliphatic heterocycles. The molecule has 1 saturated heterocycles. The molecule has 128 valence electrons. The summed E-state index contributed by atoms with van der Waals surface area (Å²) >= 11 is 0. The lowest BCUT2D eigenvalue weighted by molar-refractivity contribution is -0.0144. The fourth-order valence-corrected chi connectivity index (χ4v) is 2.56. The van der Waals surface area contributed by atoms with Crippen molar-refractivity contribution in [1.29, 1.82) is 0 Å². The molecule has 0 amide bonds. The van der Waals surface area contributed by atoms with E-state index in [1.165, 1.54) is 12.1 Å². The van der Waals surface area contributed by atoms with Crippen LogP contribution in [0.5, 0.6) is 0 Å². The number of rotatable bonds is 4. The number of benzene rings is 1. The Balaban J connectivity index is 2.40. The molecule has 2 rings (SSSR count). The van der Waals surface area contributed by atoms with Gasteiger partial charge in [-0.25, -0.2) is 8.78 Å². The number of halogens is 2. The van der Waals surface area contributed by atoms with E-state index in [1.807, 2.05) is 34.6 Å². The first kappa shape index (κ1) is 18.4. The third-order valence-electron chi connectivity index (χ3n) is 4.77. The molecule has 23 heavy (non-hydrogen) atoms. The Morgan fingerprint density at radius 2 is 1.48 bits per heavy atom. The van der Waals surface area contributed by atoms with E-state index in [9.17, 15) is 8.78 Å². The zero-order valence-electron chi connectivity index (χ0n) is 14.9. The number of hydrogen-bond donors (Lipinski definition) is 0. The maximum atomic E-state index is 14.6. The molecule has 1 aromatic carbocycles. The average Bonchev–Trinajstić information content (AvgIpc) is 2.56. The van der Waals surface area contributed by atoms with Crippen molar-refractivity contribution < 1.29 is 22.8 Å². The van der Waals surface area contributed by atoms with Crippen molar-refractivity contribution in [3.63, 3.8) is 0 Å². The normalized spacial score (nSPS) is 20.1. The lowest BCUT2D eigenvalue weighted by atomic mass is 9.77. The topological polar surface area (TPSA) is 27.7 Å². The molecule has 0 unspecified atom stereocenters. The summed E-state index contributed by atoms with van der Waals surface area (Å²) in [6.07, 6.45) is 0. The molecule has 0 radical (unpaired) electrons. The zero-order valence-corrected chi connectivity index (χ0v) is 14.9. The highest BCUT2D eigenvalue weighted by molar-refractivity contribution is 6.62. The van der Waals surface area contributed by atoms with Crippen molar-refractivity contribution in [1.82, 2.24) is 0 Å². The van der Waals surface area contributed by atoms with Crippen LogP contribution in [0, 0.1) is 11.6 Å². The van der Waals surface area contributed by atoms with E-state index in [4.69, 9.17) is 14.0 Å². The number of ether oxygens (including phenoxy) is 1. The monoisotopic (exact) mass is 326 g/mol. The average molecular weight is 326 g/mol. The van der Waals surface area contributed by atoms with Crippen molar-refractivity contribution in [2.24, 2.45) is 0 Å². The summed E-state index contributed by atoms with van der Waals surface area (Å²) in [4.78, 5) is 0. The van der Waals surface area contributed by atoms with Crippen LogP contribution in [0.2, 0.25) is 0 Å². The van der Waals surface area contributed by atoms with Crippen LogP contribution >= 0.6 is 0 Å². The van der Waals surface area contributed by atoms with Crippen LogP contribution in [0.4, 0.5) is 8.78 Å². The standard InChI is InChI=1S/C17H25BF2O3/c1-8-21-15(2,3)11-9-12(19)14(13(20)10-11)18-22-16(4,5)17(6,7)23-18/h9-10H,8H2,1-7H3. The van der Waals surface area contributed by atoms with Gasteiger partial charge in [-0.2, -0.15) is 0 Å². The second kappa shape index (κ2) is 5.83. The minimum Gasteiger partial charge on any atom is -0.399 e. The van der Waals surface area contributed by atoms with Crippen molar-refractivity contribution in [2.75, 3.05) is 6.61 Å². The van der Waals surface area contributed by atoms with Crippen LogP contribution in [-0.4, -0.2) is 24.9 Å². The minimum absolute atomic E-state index is 0.195. The van der Waals surface area contributed by atoms with Gasteiger partial charge in [-0.3, -0.25) is 0 Å². The summed E-state index contributed by atoms with van der Waals surface area (Å²) < 4.78 is 46.2. The van der Waals surface area contributed by atoms with E-state index >= 15 is 0 Å². The molecule has 0 N–H and O–H groups in total. The minimum atomic E-state index is -1.07. The van der Waals surface area contributed by atoms with Gasteiger partial charge in [0, 0.05) is 6.61 Å². The Kier molecular flexibility index (Phi) is 4.66. The van der Waals surface area contributed by atoms with Crippen molar-refractivity contribution in [3.8, 4) is 0 Å². The first-order chi connectivity index (χ1) is 10.4. The summed E-state index contributed by atoms with van der Waals surface area (Å²) in [5.41, 5.74) is -1.83. The smallest absolute Gasteiger partial charge is 0.399 e. The van der Waals surface area contributed by atoms with Gasteiger partial charge < -0.3 is 14.0 Å². The van der Waals surface area contributed by atoms with Crippen LogP contribution in [0.15, 0.2) is 12.1 Å². The van der Waals surface area contributed by atoms with E-state index in [-0.39, 0.29) is 5.46 Å². The summed E-state index contributed by atoms with van der Waals surface area (Å²) in [6.45, 7) is 13.2. The van der Waals surface area contributed by atoms with Crippen LogP contribution in [0.3, 0.4) is 0 Å². The van der Waals surface area contributed by atoms with Crippen molar-refractivity contribution in [2.45, 2.75) is 65.3 Å². The third-order valence-corrected chi connectivity index (χ3v) is 4.77. The van der Waals surface area contributed by atoms with Crippen LogP contribution in [-0.2, 0) is 19.6 Å². The fourth-order valence-electron chi connectivity index (χ4n) is 2.56. The van der Waals surface area contributed by atoms with E-state index in [2.05, 4.69) is 0 Å². The summed E-state index contributed by atoms with van der Waals surface area (Å²) in [6, 6.07) is 2.58. The molecule has 1 aliphatic rings. The van der Waals surface area contributed by atoms with Gasteiger partial charge in [-0.15, -0.1) is 0 Å². The number of hydrogen-bond acceptors (Lipinski definition) is 3. The van der Waals surface area contributed by atoms with Gasteiger partial charge in [0.2, 0.25) is 0 Å². The molecule has 6 heteroatoms. The van der Waals surface area contributed by atoms with E-state index in [1.54, 1.807) is 13.8 Å². The quantitative estimate of drug-likeness (QED) is 0.792. The van der Waals surface area contributed by atoms with E-state index in [0.717, 1.165) is 0 Å². The van der Waals surface area contributed by atoms with Gasteiger partial charge in [0.05, 0.1) is 22.3 Å². The summed E-state index contributed by atoms with van der Waals surface area (Å²) in [5.74, 6) is -1.38. The molecular weight excluding hydrogens is 301 g/mol. The molecule has 0 bridgehead atoms. The third kappa shape index (κ3) is 3.30. The highest BCUT2D eigenvalue weighted by atomic mass is 19.1. The predicted molar refractivity (Wildman–Crippen MR) is 86.7 cm³/mol. The highest BCUT2D eigenvalue weighted by Gasteiger charge is 2.53. The molecule has 1 heterocycles. The Hall–Kier alpha value is -0.975. The maximum Gasteiger partial charge on any atom is 0.500 e. The van der Waals surface area contributed by atoms with Gasteiger partial charge in [-0.05, 0) is 66.2 Å². The molecule has 0 aromatic heterocycles. The van der Waals surface area contributed by atoms with Crippen LogP contribution in [0.1, 0.15) is 54.0 Å². The Morgan fingerprint density at radius 1 is 1.04 bits per heavy atom. The Morgan fingerprint density at radius 3 is 1.87 bits per heavy atom. The Labute approximate surface area is 137 Å². The highest BCUT2D eigenvalue weighted by Crippen LogP contribution is 2.37. The van der Waals surface area contributed by atoms with Crippen LogP contribution < -0.4 is 5.46 Å². The first-order valence-electron chi connectivity index (χ1n) is 7.90. The second-order valence-electron chi connectivity index (χ2n) is 7.39. The first-order valence-corrected chi connectivity index (χ1v) is 7.90. The fraction of sp³-hybridized carbons (Fsp3) is 0.647. The maximum absolute atomic E-state index is 14.6. The van der Waals surface area contributed by atoms with E-state index in [0.29, 0.717) is 12.2 Å². The predicted octanol–water partition coefficient (Wildman–Crippen LogP) is 3.54. The molecule has 0 aliphatic carbocycles. The molecule has 0 spiro atoms. The summed E-state index contributed by atoms with van der Waals surface area (Å²) in [5, 5.41) is 0. The largest absolute Gasteiger partial charge is 0.500 e. The lowest BCUT2D eigenvalue weighted by Crippen LogP contribution is -2.41. The van der Waals surface area contributed by atoms with Gasteiger partial charge in [0.25, 0.3) is 0 Å². The molecular formula is C17H25BF2O3. The second-order valence-corrected chi connectivity index (χ2v) is 7.39. The Bertz CT molecular complexity index is 560. The van der Waals surface area contributed by atoms with E-state index < -0.39 is 35.6 Å². The zero-order chi connectivity index (χ0) is 17.6. The lowest BCUT2D eigenvalue weighted by Gasteiger charge is -2.32. The van der Waals surface area contributed by atoms with Gasteiger partial charge in [0.1, 0.15) is 11.6 Å². The van der Waals surface area contributed by atoms with Crippen molar-refractivity contribution in [3.05, 3.63) is 29.3 Å². The molecule has 3 nitrogen and oxygen atoms in total. The van der Waals surface area contributed by atoms with Crippen molar-refractivity contribution >= 4 is 12.6 Å². The molecule has 0 atom stereocenters. The molecule has 1 fully saturated rings. The summed E-state index contributed by atoms with van der Waals surface area (Å²) in [7, 11) is -1.07. The van der Waals surface area contributed by atoms with Crippen LogP contribution in [0.25, 0.3) is 0 Å². The van der Waals surface area contributed by atoms with Gasteiger partial charge >= 0.3 is 7.12 Å². The van der Waals surface area contributed by atoms with Gasteiger partial charge in [0.15, 0.2) is 0 Å². The molecule has 1 aromatic rings. The SMILES string of the molecule is CCOC(C)(C)c1cc(F)c(B2OC(C)(C)C(C)(C)O2)c(F)c1. The van der Waals surface area contributed by atoms with Gasteiger partial charge in [-0.1, -0.05) is 0 Å². The molecule has 0 saturated carbocycles.